The number of nitrogens with zero attached hydrogens (tertiary/aromatic N) is 1. The van der Waals surface area contributed by atoms with Crippen LogP contribution in [0.1, 0.15) is 0 Å². The number of alkyl halides is 3. The van der Waals surface area contributed by atoms with Gasteiger partial charge >= 0.3 is 6.18 Å². The van der Waals surface area contributed by atoms with Crippen molar-refractivity contribution in [1.29, 1.82) is 0 Å². The summed E-state index contributed by atoms with van der Waals surface area (Å²) in [6.45, 7) is -1.52. The minimum absolute atomic E-state index is 0.00243. The number of carbonyl (C=O) groups excluding carboxylic acids is 1. The van der Waals surface area contributed by atoms with Gasteiger partial charge in [0.05, 0.1) is 13.1 Å². The molecule has 0 spiro atoms. The van der Waals surface area contributed by atoms with Gasteiger partial charge in [0.15, 0.2) is 0 Å². The van der Waals surface area contributed by atoms with Crippen LogP contribution in [0.4, 0.5) is 13.2 Å². The second-order valence-electron chi connectivity index (χ2n) is 2.58. The highest BCUT2D eigenvalue weighted by Crippen LogP contribution is 2.15. The molecular weight excluding hydrogens is 187 g/mol. The SMILES string of the molecule is NCCN(CC(N)=O)CC(F)(F)F. The fourth-order valence-corrected chi connectivity index (χ4v) is 0.871. The number of hydrogen-bond donors (Lipinski definition) is 2. The molecule has 0 aliphatic rings. The fraction of sp³-hybridized carbons (Fsp3) is 0.833. The first-order chi connectivity index (χ1) is 5.85. The van der Waals surface area contributed by atoms with E-state index >= 15 is 0 Å². The molecule has 0 heterocycles. The average molecular weight is 199 g/mol. The summed E-state index contributed by atoms with van der Waals surface area (Å²) in [6, 6.07) is 0. The summed E-state index contributed by atoms with van der Waals surface area (Å²) < 4.78 is 35.5. The summed E-state index contributed by atoms with van der Waals surface area (Å²) in [5.74, 6) is -0.794. The van der Waals surface area contributed by atoms with E-state index in [0.717, 1.165) is 4.90 Å². The van der Waals surface area contributed by atoms with Gasteiger partial charge in [0.1, 0.15) is 0 Å². The summed E-state index contributed by atoms with van der Waals surface area (Å²) in [5.41, 5.74) is 9.82. The molecule has 4 N–H and O–H groups in total. The Bertz CT molecular complexity index is 171. The lowest BCUT2D eigenvalue weighted by molar-refractivity contribution is -0.147. The summed E-state index contributed by atoms with van der Waals surface area (Å²) in [4.78, 5) is 11.2. The van der Waals surface area contributed by atoms with Gasteiger partial charge in [0, 0.05) is 13.1 Å². The van der Waals surface area contributed by atoms with Gasteiger partial charge in [0.25, 0.3) is 0 Å². The third-order valence-corrected chi connectivity index (χ3v) is 1.23. The lowest BCUT2D eigenvalue weighted by atomic mass is 10.4. The third kappa shape index (κ3) is 7.54. The maximum absolute atomic E-state index is 11.8. The summed E-state index contributed by atoms with van der Waals surface area (Å²) in [7, 11) is 0. The number of nitrogens with two attached hydrogens (primary N) is 2. The molecular formula is C6H12F3N3O. The number of halogens is 3. The van der Waals surface area contributed by atoms with Crippen LogP contribution in [-0.4, -0.2) is 43.2 Å². The highest BCUT2D eigenvalue weighted by atomic mass is 19.4. The van der Waals surface area contributed by atoms with Crippen molar-refractivity contribution in [2.45, 2.75) is 6.18 Å². The zero-order chi connectivity index (χ0) is 10.5. The molecule has 0 fully saturated rings. The van der Waals surface area contributed by atoms with Crippen LogP contribution in [0.2, 0.25) is 0 Å². The molecule has 0 rings (SSSR count). The Kier molecular flexibility index (Phi) is 4.71. The molecule has 0 aliphatic carbocycles. The first-order valence-corrected chi connectivity index (χ1v) is 3.62. The van der Waals surface area contributed by atoms with E-state index in [1.54, 1.807) is 0 Å². The quantitative estimate of drug-likeness (QED) is 0.614. The van der Waals surface area contributed by atoms with Crippen LogP contribution in [-0.2, 0) is 4.79 Å². The molecule has 1 amide bonds. The van der Waals surface area contributed by atoms with Crippen molar-refractivity contribution >= 4 is 5.91 Å². The van der Waals surface area contributed by atoms with Crippen LogP contribution in [0, 0.1) is 0 Å². The molecule has 0 aromatic rings. The number of hydrogen-bond acceptors (Lipinski definition) is 3. The van der Waals surface area contributed by atoms with Gasteiger partial charge in [-0.15, -0.1) is 0 Å². The van der Waals surface area contributed by atoms with E-state index in [1.807, 2.05) is 0 Å². The standard InChI is InChI=1S/C6H12F3N3O/c7-6(8,9)4-12(2-1-10)3-5(11)13/h1-4,10H2,(H2,11,13). The van der Waals surface area contributed by atoms with Crippen LogP contribution in [0.5, 0.6) is 0 Å². The van der Waals surface area contributed by atoms with Crippen molar-refractivity contribution in [2.24, 2.45) is 11.5 Å². The van der Waals surface area contributed by atoms with E-state index < -0.39 is 25.2 Å². The lowest BCUT2D eigenvalue weighted by Gasteiger charge is -2.20. The number of rotatable bonds is 5. The second kappa shape index (κ2) is 5.03. The van der Waals surface area contributed by atoms with Crippen LogP contribution >= 0.6 is 0 Å². The molecule has 13 heavy (non-hydrogen) atoms. The van der Waals surface area contributed by atoms with Crippen molar-refractivity contribution < 1.29 is 18.0 Å². The number of carbonyl (C=O) groups is 1. The molecule has 7 heteroatoms. The predicted molar refractivity (Wildman–Crippen MR) is 40.7 cm³/mol. The van der Waals surface area contributed by atoms with Crippen LogP contribution in [0.25, 0.3) is 0 Å². The molecule has 0 bridgehead atoms. The Morgan fingerprint density at radius 2 is 1.92 bits per heavy atom. The largest absolute Gasteiger partial charge is 0.401 e. The van der Waals surface area contributed by atoms with E-state index in [4.69, 9.17) is 11.5 Å². The van der Waals surface area contributed by atoms with Gasteiger partial charge in [-0.05, 0) is 0 Å². The molecule has 0 atom stereocenters. The minimum atomic E-state index is -4.33. The molecule has 4 nitrogen and oxygen atoms in total. The van der Waals surface area contributed by atoms with Gasteiger partial charge in [-0.25, -0.2) is 0 Å². The van der Waals surface area contributed by atoms with Crippen molar-refractivity contribution in [3.05, 3.63) is 0 Å². The maximum Gasteiger partial charge on any atom is 0.401 e. The average Bonchev–Trinajstić information content (AvgIpc) is 1.81. The van der Waals surface area contributed by atoms with E-state index in [-0.39, 0.29) is 13.1 Å². The number of amides is 1. The molecule has 0 aliphatic heterocycles. The Morgan fingerprint density at radius 3 is 2.23 bits per heavy atom. The van der Waals surface area contributed by atoms with Gasteiger partial charge in [-0.1, -0.05) is 0 Å². The zero-order valence-corrected chi connectivity index (χ0v) is 6.97. The topological polar surface area (TPSA) is 72.3 Å². The minimum Gasteiger partial charge on any atom is -0.369 e. The first-order valence-electron chi connectivity index (χ1n) is 3.62. The molecule has 78 valence electrons. The van der Waals surface area contributed by atoms with Crippen molar-refractivity contribution in [3.8, 4) is 0 Å². The third-order valence-electron chi connectivity index (χ3n) is 1.23. The number of primary amides is 1. The Labute approximate surface area is 73.7 Å². The van der Waals surface area contributed by atoms with Crippen molar-refractivity contribution in [3.63, 3.8) is 0 Å². The fourth-order valence-electron chi connectivity index (χ4n) is 0.871. The second-order valence-corrected chi connectivity index (χ2v) is 2.58. The van der Waals surface area contributed by atoms with Crippen LogP contribution in [0.15, 0.2) is 0 Å². The van der Waals surface area contributed by atoms with Crippen LogP contribution in [0.3, 0.4) is 0 Å². The summed E-state index contributed by atoms with van der Waals surface area (Å²) in [6.07, 6.45) is -4.33. The molecule has 0 unspecified atom stereocenters. The van der Waals surface area contributed by atoms with Gasteiger partial charge < -0.3 is 11.5 Å². The lowest BCUT2D eigenvalue weighted by Crippen LogP contribution is -2.42. The van der Waals surface area contributed by atoms with Crippen molar-refractivity contribution in [2.75, 3.05) is 26.2 Å². The molecule has 0 radical (unpaired) electrons. The summed E-state index contributed by atoms with van der Waals surface area (Å²) in [5, 5.41) is 0. The van der Waals surface area contributed by atoms with E-state index in [2.05, 4.69) is 0 Å². The molecule has 0 saturated heterocycles. The highest BCUT2D eigenvalue weighted by molar-refractivity contribution is 5.75. The van der Waals surface area contributed by atoms with Crippen molar-refractivity contribution in [1.82, 2.24) is 4.90 Å². The smallest absolute Gasteiger partial charge is 0.369 e. The van der Waals surface area contributed by atoms with E-state index in [0.29, 0.717) is 0 Å². The molecule has 0 saturated carbocycles. The maximum atomic E-state index is 11.8. The monoisotopic (exact) mass is 199 g/mol. The van der Waals surface area contributed by atoms with Crippen LogP contribution < -0.4 is 11.5 Å². The van der Waals surface area contributed by atoms with E-state index in [9.17, 15) is 18.0 Å². The first kappa shape index (κ1) is 12.2. The Balaban J connectivity index is 4.01. The zero-order valence-electron chi connectivity index (χ0n) is 6.97. The Hall–Kier alpha value is -0.820. The Morgan fingerprint density at radius 1 is 1.38 bits per heavy atom. The van der Waals surface area contributed by atoms with E-state index in [1.165, 1.54) is 0 Å². The summed E-state index contributed by atoms with van der Waals surface area (Å²) >= 11 is 0. The predicted octanol–water partition coefficient (Wildman–Crippen LogP) is -0.705. The molecule has 0 aromatic carbocycles. The molecule has 0 aromatic heterocycles. The normalized spacial score (nSPS) is 12.1. The van der Waals surface area contributed by atoms with Gasteiger partial charge in [0.2, 0.25) is 5.91 Å². The van der Waals surface area contributed by atoms with Gasteiger partial charge in [-0.3, -0.25) is 9.69 Å². The van der Waals surface area contributed by atoms with Gasteiger partial charge in [-0.2, -0.15) is 13.2 Å². The highest BCUT2D eigenvalue weighted by Gasteiger charge is 2.30.